The van der Waals surface area contributed by atoms with Gasteiger partial charge in [0.2, 0.25) is 0 Å². The van der Waals surface area contributed by atoms with Crippen molar-refractivity contribution in [2.75, 3.05) is 59.5 Å². The maximum Gasteiger partial charge on any atom is 0.256 e. The van der Waals surface area contributed by atoms with Crippen LogP contribution in [0.4, 0.5) is 5.69 Å². The number of methoxy groups -OCH3 is 1. The summed E-state index contributed by atoms with van der Waals surface area (Å²) >= 11 is 0. The van der Waals surface area contributed by atoms with Crippen molar-refractivity contribution in [2.45, 2.75) is 51.1 Å². The number of unbranched alkanes of at least 4 members (excludes halogenated alkanes) is 2. The number of ether oxygens (including phenoxy) is 2. The minimum absolute atomic E-state index is 0.0327. The van der Waals surface area contributed by atoms with E-state index in [0.717, 1.165) is 84.5 Å². The molecular weight excluding hydrogens is 707 g/mol. The molecule has 2 saturated heterocycles. The fourth-order valence-electron chi connectivity index (χ4n) is 9.05. The van der Waals surface area contributed by atoms with Gasteiger partial charge in [-0.25, -0.2) is 0 Å². The van der Waals surface area contributed by atoms with Crippen LogP contribution >= 0.6 is 0 Å². The molecule has 1 aromatic heterocycles. The monoisotopic (exact) mass is 759 g/mol. The van der Waals surface area contributed by atoms with Crippen molar-refractivity contribution in [3.63, 3.8) is 0 Å². The molecule has 0 aliphatic carbocycles. The first kappa shape index (κ1) is 37.2. The number of benzene rings is 5. The Bertz CT molecular complexity index is 2270. The van der Waals surface area contributed by atoms with Gasteiger partial charge in [-0.2, -0.15) is 0 Å². The normalized spacial score (nSPS) is 17.2. The zero-order valence-corrected chi connectivity index (χ0v) is 33.1. The van der Waals surface area contributed by atoms with E-state index in [2.05, 4.69) is 116 Å². The van der Waals surface area contributed by atoms with Crippen LogP contribution in [0, 0.1) is 0 Å². The maximum absolute atomic E-state index is 13.2. The van der Waals surface area contributed by atoms with Crippen LogP contribution in [0.15, 0.2) is 114 Å². The number of fused-ring (bicyclic) bond motifs is 5. The van der Waals surface area contributed by atoms with Crippen LogP contribution in [0.3, 0.4) is 0 Å². The van der Waals surface area contributed by atoms with Crippen molar-refractivity contribution in [1.29, 1.82) is 0 Å². The fourth-order valence-corrected chi connectivity index (χ4v) is 9.05. The van der Waals surface area contributed by atoms with Gasteiger partial charge in [0.05, 0.1) is 31.0 Å². The van der Waals surface area contributed by atoms with E-state index in [0.29, 0.717) is 29.4 Å². The highest BCUT2D eigenvalue weighted by Gasteiger charge is 2.32. The van der Waals surface area contributed by atoms with Crippen LogP contribution in [-0.2, 0) is 6.54 Å². The zero-order chi connectivity index (χ0) is 38.6. The molecule has 3 aliphatic rings. The molecule has 4 heterocycles. The average Bonchev–Trinajstić information content (AvgIpc) is 3.83. The molecule has 3 aliphatic heterocycles. The Labute approximate surface area is 336 Å². The molecule has 8 nitrogen and oxygen atoms in total. The summed E-state index contributed by atoms with van der Waals surface area (Å²) in [6.07, 6.45) is 8.29. The number of amides is 1. The summed E-state index contributed by atoms with van der Waals surface area (Å²) in [7, 11) is 1.63. The molecule has 8 heteroatoms. The van der Waals surface area contributed by atoms with Crippen molar-refractivity contribution in [2.24, 2.45) is 4.99 Å². The lowest BCUT2D eigenvalue weighted by atomic mass is 10.0. The van der Waals surface area contributed by atoms with E-state index in [1.165, 1.54) is 50.5 Å². The van der Waals surface area contributed by atoms with Crippen molar-refractivity contribution in [3.05, 3.63) is 115 Å². The van der Waals surface area contributed by atoms with Crippen molar-refractivity contribution in [3.8, 4) is 33.8 Å². The van der Waals surface area contributed by atoms with Crippen molar-refractivity contribution in [1.82, 2.24) is 19.3 Å². The minimum Gasteiger partial charge on any atom is -0.493 e. The Morgan fingerprint density at radius 3 is 1.84 bits per heavy atom. The van der Waals surface area contributed by atoms with E-state index in [-0.39, 0.29) is 11.9 Å². The number of carbonyl (C=O) groups is 1. The third-order valence-electron chi connectivity index (χ3n) is 12.2. The molecule has 0 N–H and O–H groups in total. The molecule has 1 atom stereocenters. The summed E-state index contributed by atoms with van der Waals surface area (Å²) in [5, 5.41) is 2.65. The highest BCUT2D eigenvalue weighted by atomic mass is 16.5. The average molecular weight is 760 g/mol. The van der Waals surface area contributed by atoms with Gasteiger partial charge in [0.1, 0.15) is 0 Å². The van der Waals surface area contributed by atoms with Crippen molar-refractivity contribution < 1.29 is 14.3 Å². The number of hydrogen-bond acceptors (Lipinski definition) is 6. The number of carbonyl (C=O) groups excluding carboxylic acids is 1. The summed E-state index contributed by atoms with van der Waals surface area (Å²) in [6, 6.07) is 39.2. The SMILES string of the molecule is COc1cc2c(cc1OCCCCN1CCN(CCCCn3c4ccc(-c5ccccc5)cc4c4cc(-c5ccccc5)ccc43)CC1)N=C[C@@H]1CCCN1C2=O. The van der Waals surface area contributed by atoms with Gasteiger partial charge in [0.25, 0.3) is 5.91 Å². The summed E-state index contributed by atoms with van der Waals surface area (Å²) in [5.41, 5.74) is 8.93. The number of aryl methyl sites for hydroxylation is 1. The Balaban J connectivity index is 0.754. The standard InChI is InChI=1S/C49H53N5O3/c1-56-47-33-43-44(50-35-40-17-12-25-53(40)49(43)55)34-48(47)57-30-11-10-23-52-28-26-51(27-29-52)22-8-9-24-54-45-20-18-38(36-13-4-2-5-14-36)31-41(45)42-32-39(19-21-46(42)54)37-15-6-3-7-16-37/h2-7,13-16,18-21,31-35,40H,8-12,17,22-30H2,1H3/t40-/m0/s1. The van der Waals surface area contributed by atoms with Gasteiger partial charge in [-0.3, -0.25) is 9.79 Å². The predicted octanol–water partition coefficient (Wildman–Crippen LogP) is 9.71. The summed E-state index contributed by atoms with van der Waals surface area (Å²) in [6.45, 7) is 9.11. The second kappa shape index (κ2) is 17.0. The third-order valence-corrected chi connectivity index (χ3v) is 12.2. The first-order valence-electron chi connectivity index (χ1n) is 20.9. The number of aromatic nitrogens is 1. The van der Waals surface area contributed by atoms with Crippen LogP contribution in [0.25, 0.3) is 44.1 Å². The van der Waals surface area contributed by atoms with Gasteiger partial charge in [-0.1, -0.05) is 72.8 Å². The molecular formula is C49H53N5O3. The maximum atomic E-state index is 13.2. The van der Waals surface area contributed by atoms with Gasteiger partial charge in [0, 0.05) is 73.4 Å². The molecule has 5 aromatic carbocycles. The van der Waals surface area contributed by atoms with Crippen molar-refractivity contribution >= 4 is 39.6 Å². The fraction of sp³-hybridized carbons (Fsp3) is 0.347. The van der Waals surface area contributed by atoms with Gasteiger partial charge in [0.15, 0.2) is 11.5 Å². The summed E-state index contributed by atoms with van der Waals surface area (Å²) in [5.74, 6) is 1.28. The van der Waals surface area contributed by atoms with E-state index in [1.54, 1.807) is 13.2 Å². The van der Waals surface area contributed by atoms with Crippen LogP contribution in [0.5, 0.6) is 11.5 Å². The quantitative estimate of drug-likeness (QED) is 0.104. The first-order chi connectivity index (χ1) is 28.1. The molecule has 1 amide bonds. The van der Waals surface area contributed by atoms with E-state index in [1.807, 2.05) is 17.2 Å². The molecule has 6 aromatic rings. The van der Waals surface area contributed by atoms with Gasteiger partial charge in [-0.05, 0) is 104 Å². The second-order valence-electron chi connectivity index (χ2n) is 15.8. The molecule has 57 heavy (non-hydrogen) atoms. The number of nitrogens with zero attached hydrogens (tertiary/aromatic N) is 5. The van der Waals surface area contributed by atoms with Crippen LogP contribution in [-0.4, -0.2) is 97.0 Å². The second-order valence-corrected chi connectivity index (χ2v) is 15.8. The lowest BCUT2D eigenvalue weighted by Gasteiger charge is -2.34. The number of rotatable bonds is 14. The predicted molar refractivity (Wildman–Crippen MR) is 232 cm³/mol. The zero-order valence-electron chi connectivity index (χ0n) is 33.1. The van der Waals surface area contributed by atoms with E-state index in [4.69, 9.17) is 9.47 Å². The highest BCUT2D eigenvalue weighted by molar-refractivity contribution is 6.10. The number of hydrogen-bond donors (Lipinski definition) is 0. The van der Waals surface area contributed by atoms with E-state index in [9.17, 15) is 4.79 Å². The molecule has 2 fully saturated rings. The number of aliphatic imine (C=N–C) groups is 1. The summed E-state index contributed by atoms with van der Waals surface area (Å²) in [4.78, 5) is 25.0. The molecule has 0 radical (unpaired) electrons. The molecule has 9 rings (SSSR count). The lowest BCUT2D eigenvalue weighted by molar-refractivity contribution is 0.0774. The number of piperazine rings is 1. The van der Waals surface area contributed by atoms with Gasteiger partial charge >= 0.3 is 0 Å². The van der Waals surface area contributed by atoms with E-state index < -0.39 is 0 Å². The third kappa shape index (κ3) is 7.94. The Kier molecular flexibility index (Phi) is 11.1. The minimum atomic E-state index is 0.0327. The smallest absolute Gasteiger partial charge is 0.256 e. The molecule has 292 valence electrons. The van der Waals surface area contributed by atoms with Crippen LogP contribution < -0.4 is 9.47 Å². The molecule has 0 bridgehead atoms. The molecule has 0 unspecified atom stereocenters. The van der Waals surface area contributed by atoms with Gasteiger partial charge < -0.3 is 28.7 Å². The molecule has 0 spiro atoms. The van der Waals surface area contributed by atoms with Crippen LogP contribution in [0.1, 0.15) is 48.9 Å². The first-order valence-corrected chi connectivity index (χ1v) is 20.9. The van der Waals surface area contributed by atoms with E-state index >= 15 is 0 Å². The van der Waals surface area contributed by atoms with Crippen LogP contribution in [0.2, 0.25) is 0 Å². The summed E-state index contributed by atoms with van der Waals surface area (Å²) < 4.78 is 14.4. The topological polar surface area (TPSA) is 62.5 Å². The Morgan fingerprint density at radius 1 is 0.632 bits per heavy atom. The largest absolute Gasteiger partial charge is 0.493 e. The highest BCUT2D eigenvalue weighted by Crippen LogP contribution is 2.39. The molecule has 0 saturated carbocycles. The Hall–Kier alpha value is -5.44. The lowest BCUT2D eigenvalue weighted by Crippen LogP contribution is -2.46. The Morgan fingerprint density at radius 2 is 1.23 bits per heavy atom. The van der Waals surface area contributed by atoms with Gasteiger partial charge in [-0.15, -0.1) is 0 Å².